The number of carboxylic acids is 1. The molecule has 0 aliphatic heterocycles. The number of benzene rings is 1. The van der Waals surface area contributed by atoms with Crippen molar-refractivity contribution in [2.75, 3.05) is 0 Å². The van der Waals surface area contributed by atoms with E-state index in [2.05, 4.69) is 15.9 Å². The first-order chi connectivity index (χ1) is 7.00. The van der Waals surface area contributed by atoms with E-state index in [1.807, 2.05) is 0 Å². The fraction of sp³-hybridized carbons (Fsp3) is 0.300. The molecular weight excluding hydrogens is 265 g/mol. The lowest BCUT2D eigenvalue weighted by atomic mass is 10.0. The first-order valence-corrected chi connectivity index (χ1v) is 5.18. The van der Waals surface area contributed by atoms with Gasteiger partial charge in [-0.3, -0.25) is 4.79 Å². The fourth-order valence-electron chi connectivity index (χ4n) is 1.13. The van der Waals surface area contributed by atoms with Gasteiger partial charge in [-0.2, -0.15) is 0 Å². The number of alkyl halides is 1. The molecule has 15 heavy (non-hydrogen) atoms. The zero-order valence-corrected chi connectivity index (χ0v) is 9.45. The van der Waals surface area contributed by atoms with Gasteiger partial charge in [0.05, 0.1) is 0 Å². The van der Waals surface area contributed by atoms with Gasteiger partial charge in [0.15, 0.2) is 0 Å². The summed E-state index contributed by atoms with van der Waals surface area (Å²) >= 11 is 3.23. The van der Waals surface area contributed by atoms with Crippen molar-refractivity contribution in [3.8, 4) is 0 Å². The fourth-order valence-corrected chi connectivity index (χ4v) is 1.40. The molecule has 0 amide bonds. The largest absolute Gasteiger partial charge is 0.480 e. The third-order valence-corrected chi connectivity index (χ3v) is 2.54. The molecule has 2 atom stereocenters. The third kappa shape index (κ3) is 3.60. The molecule has 3 nitrogen and oxygen atoms in total. The van der Waals surface area contributed by atoms with Crippen molar-refractivity contribution in [1.29, 1.82) is 0 Å². The molecular formula is C10H11BrFNO2. The van der Waals surface area contributed by atoms with E-state index in [0.717, 1.165) is 4.47 Å². The number of aliphatic carboxylic acids is 1. The summed E-state index contributed by atoms with van der Waals surface area (Å²) in [5.74, 6) is -1.19. The maximum absolute atomic E-state index is 13.5. The summed E-state index contributed by atoms with van der Waals surface area (Å²) in [6.07, 6.45) is -1.55. The quantitative estimate of drug-likeness (QED) is 0.886. The maximum Gasteiger partial charge on any atom is 0.320 e. The van der Waals surface area contributed by atoms with Crippen LogP contribution in [0.2, 0.25) is 0 Å². The molecule has 1 rings (SSSR count). The van der Waals surface area contributed by atoms with Crippen LogP contribution >= 0.6 is 15.9 Å². The molecule has 0 bridgehead atoms. The van der Waals surface area contributed by atoms with Gasteiger partial charge in [0.1, 0.15) is 12.2 Å². The van der Waals surface area contributed by atoms with Gasteiger partial charge in [-0.1, -0.05) is 28.1 Å². The Hall–Kier alpha value is -0.940. The first kappa shape index (κ1) is 12.1. The van der Waals surface area contributed by atoms with Crippen LogP contribution in [0.25, 0.3) is 0 Å². The van der Waals surface area contributed by atoms with Crippen molar-refractivity contribution >= 4 is 21.9 Å². The molecule has 0 aliphatic carbocycles. The topological polar surface area (TPSA) is 63.3 Å². The van der Waals surface area contributed by atoms with Crippen molar-refractivity contribution in [2.45, 2.75) is 18.6 Å². The van der Waals surface area contributed by atoms with Crippen molar-refractivity contribution in [1.82, 2.24) is 0 Å². The minimum absolute atomic E-state index is 0.211. The molecule has 0 spiro atoms. The van der Waals surface area contributed by atoms with Gasteiger partial charge >= 0.3 is 5.97 Å². The van der Waals surface area contributed by atoms with Crippen molar-refractivity contribution in [3.63, 3.8) is 0 Å². The van der Waals surface area contributed by atoms with Gasteiger partial charge in [-0.15, -0.1) is 0 Å². The molecule has 1 aromatic rings. The number of carbonyl (C=O) groups is 1. The van der Waals surface area contributed by atoms with Crippen LogP contribution in [0.1, 0.15) is 18.2 Å². The number of rotatable bonds is 4. The predicted molar refractivity (Wildman–Crippen MR) is 58.2 cm³/mol. The molecule has 1 aromatic carbocycles. The van der Waals surface area contributed by atoms with Crippen molar-refractivity contribution in [3.05, 3.63) is 34.3 Å². The Morgan fingerprint density at radius 2 is 2.00 bits per heavy atom. The van der Waals surface area contributed by atoms with E-state index in [0.29, 0.717) is 5.56 Å². The minimum Gasteiger partial charge on any atom is -0.480 e. The Morgan fingerprint density at radius 1 is 1.47 bits per heavy atom. The van der Waals surface area contributed by atoms with Gasteiger partial charge in [0.25, 0.3) is 0 Å². The summed E-state index contributed by atoms with van der Waals surface area (Å²) < 4.78 is 14.4. The number of carboxylic acid groups (broad SMARTS) is 1. The van der Waals surface area contributed by atoms with Crippen LogP contribution in [0.5, 0.6) is 0 Å². The maximum atomic E-state index is 13.5. The lowest BCUT2D eigenvalue weighted by Crippen LogP contribution is -2.31. The average Bonchev–Trinajstić information content (AvgIpc) is 2.18. The lowest BCUT2D eigenvalue weighted by molar-refractivity contribution is -0.139. The van der Waals surface area contributed by atoms with Crippen molar-refractivity contribution in [2.24, 2.45) is 5.73 Å². The summed E-state index contributed by atoms with van der Waals surface area (Å²) in [4.78, 5) is 10.4. The molecule has 0 radical (unpaired) electrons. The van der Waals surface area contributed by atoms with Gasteiger partial charge < -0.3 is 10.8 Å². The first-order valence-electron chi connectivity index (χ1n) is 4.38. The Bertz CT molecular complexity index is 342. The summed E-state index contributed by atoms with van der Waals surface area (Å²) in [6.45, 7) is 0. The summed E-state index contributed by atoms with van der Waals surface area (Å²) in [6, 6.07) is 5.44. The highest BCUT2D eigenvalue weighted by atomic mass is 79.9. The summed E-state index contributed by atoms with van der Waals surface area (Å²) in [7, 11) is 0. The van der Waals surface area contributed by atoms with E-state index >= 15 is 0 Å². The molecule has 5 heteroatoms. The van der Waals surface area contributed by atoms with E-state index in [4.69, 9.17) is 10.8 Å². The zero-order valence-electron chi connectivity index (χ0n) is 7.86. The number of hydrogen-bond donors (Lipinski definition) is 2. The van der Waals surface area contributed by atoms with E-state index in [1.54, 1.807) is 24.3 Å². The SMILES string of the molecule is NC(CC(F)c1ccc(Br)cc1)C(=O)O. The van der Waals surface area contributed by atoms with Gasteiger partial charge in [0.2, 0.25) is 0 Å². The highest BCUT2D eigenvalue weighted by Gasteiger charge is 2.19. The third-order valence-electron chi connectivity index (χ3n) is 2.01. The Kier molecular flexibility index (Phi) is 4.23. The zero-order chi connectivity index (χ0) is 11.4. The lowest BCUT2D eigenvalue weighted by Gasteiger charge is -2.11. The van der Waals surface area contributed by atoms with Crippen LogP contribution < -0.4 is 5.73 Å². The van der Waals surface area contributed by atoms with E-state index in [-0.39, 0.29) is 6.42 Å². The van der Waals surface area contributed by atoms with Gasteiger partial charge in [-0.25, -0.2) is 4.39 Å². The van der Waals surface area contributed by atoms with Crippen LogP contribution in [-0.4, -0.2) is 17.1 Å². The normalized spacial score (nSPS) is 14.6. The molecule has 0 saturated carbocycles. The van der Waals surface area contributed by atoms with Crippen LogP contribution in [0, 0.1) is 0 Å². The smallest absolute Gasteiger partial charge is 0.320 e. The van der Waals surface area contributed by atoms with Crippen LogP contribution in [0.4, 0.5) is 4.39 Å². The average molecular weight is 276 g/mol. The summed E-state index contributed by atoms with van der Waals surface area (Å²) in [5.41, 5.74) is 5.68. The standard InChI is InChI=1S/C10H11BrFNO2/c11-7-3-1-6(2-4-7)8(12)5-9(13)10(14)15/h1-4,8-9H,5,13H2,(H,14,15). The van der Waals surface area contributed by atoms with Crippen LogP contribution in [0.15, 0.2) is 28.7 Å². The molecule has 0 aromatic heterocycles. The molecule has 0 saturated heterocycles. The number of nitrogens with two attached hydrogens (primary N) is 1. The molecule has 2 unspecified atom stereocenters. The summed E-state index contributed by atoms with van der Waals surface area (Å²) in [5, 5.41) is 8.52. The van der Waals surface area contributed by atoms with Gasteiger partial charge in [0, 0.05) is 10.9 Å². The van der Waals surface area contributed by atoms with Crippen molar-refractivity contribution < 1.29 is 14.3 Å². The highest BCUT2D eigenvalue weighted by molar-refractivity contribution is 9.10. The van der Waals surface area contributed by atoms with E-state index < -0.39 is 18.2 Å². The molecule has 0 fully saturated rings. The second-order valence-corrected chi connectivity index (χ2v) is 4.12. The van der Waals surface area contributed by atoms with E-state index in [1.165, 1.54) is 0 Å². The molecule has 0 heterocycles. The second kappa shape index (κ2) is 5.23. The minimum atomic E-state index is -1.34. The predicted octanol–water partition coefficient (Wildman–Crippen LogP) is 2.26. The Morgan fingerprint density at radius 3 is 2.47 bits per heavy atom. The molecule has 82 valence electrons. The Balaban J connectivity index is 2.64. The van der Waals surface area contributed by atoms with Crippen LogP contribution in [-0.2, 0) is 4.79 Å². The van der Waals surface area contributed by atoms with E-state index in [9.17, 15) is 9.18 Å². The van der Waals surface area contributed by atoms with Crippen LogP contribution in [0.3, 0.4) is 0 Å². The highest BCUT2D eigenvalue weighted by Crippen LogP contribution is 2.23. The Labute approximate surface area is 95.2 Å². The monoisotopic (exact) mass is 275 g/mol. The van der Waals surface area contributed by atoms with Gasteiger partial charge in [-0.05, 0) is 17.7 Å². The molecule has 3 N–H and O–H groups in total. The number of halogens is 2. The molecule has 0 aliphatic rings. The second-order valence-electron chi connectivity index (χ2n) is 3.20. The number of hydrogen-bond acceptors (Lipinski definition) is 2.